The SMILES string of the molecule is CC(Nc1cc(C(=O)Nc2ccccc2Br)ncn1)c1ccccc1. The molecule has 2 aromatic carbocycles. The number of amides is 1. The minimum absolute atomic E-state index is 0.0651. The smallest absolute Gasteiger partial charge is 0.274 e. The average molecular weight is 397 g/mol. The molecule has 0 aliphatic rings. The number of nitrogens with zero attached hydrogens (tertiary/aromatic N) is 2. The first-order valence-corrected chi connectivity index (χ1v) is 8.62. The van der Waals surface area contributed by atoms with Crippen molar-refractivity contribution in [3.05, 3.63) is 82.7 Å². The number of carbonyl (C=O) groups is 1. The van der Waals surface area contributed by atoms with Crippen molar-refractivity contribution in [2.75, 3.05) is 10.6 Å². The van der Waals surface area contributed by atoms with Crippen LogP contribution in [-0.4, -0.2) is 15.9 Å². The zero-order valence-corrected chi connectivity index (χ0v) is 15.2. The predicted octanol–water partition coefficient (Wildman–Crippen LogP) is 4.66. The molecule has 1 unspecified atom stereocenters. The lowest BCUT2D eigenvalue weighted by Gasteiger charge is -2.15. The molecule has 1 heterocycles. The standard InChI is InChI=1S/C19H17BrN4O/c1-13(14-7-3-2-4-8-14)23-18-11-17(21-12-22-18)19(25)24-16-10-6-5-9-15(16)20/h2-13H,1H3,(H,24,25)(H,21,22,23). The van der Waals surface area contributed by atoms with Gasteiger partial charge in [0.05, 0.1) is 5.69 Å². The summed E-state index contributed by atoms with van der Waals surface area (Å²) in [6, 6.07) is 19.2. The molecule has 1 aromatic heterocycles. The maximum Gasteiger partial charge on any atom is 0.274 e. The molecule has 0 fully saturated rings. The molecule has 1 atom stereocenters. The number of halogens is 1. The van der Waals surface area contributed by atoms with Crippen molar-refractivity contribution in [2.24, 2.45) is 0 Å². The Balaban J connectivity index is 1.73. The minimum atomic E-state index is -0.287. The Morgan fingerprint density at radius 3 is 2.52 bits per heavy atom. The first-order chi connectivity index (χ1) is 12.1. The fourth-order valence-corrected chi connectivity index (χ4v) is 2.74. The van der Waals surface area contributed by atoms with Gasteiger partial charge in [-0.1, -0.05) is 42.5 Å². The van der Waals surface area contributed by atoms with Crippen LogP contribution in [0.2, 0.25) is 0 Å². The average Bonchev–Trinajstić information content (AvgIpc) is 2.64. The summed E-state index contributed by atoms with van der Waals surface area (Å²) in [7, 11) is 0. The lowest BCUT2D eigenvalue weighted by molar-refractivity contribution is 0.102. The summed E-state index contributed by atoms with van der Waals surface area (Å²) < 4.78 is 0.813. The minimum Gasteiger partial charge on any atom is -0.363 e. The number of hydrogen-bond donors (Lipinski definition) is 2. The van der Waals surface area contributed by atoms with Crippen LogP contribution in [-0.2, 0) is 0 Å². The highest BCUT2D eigenvalue weighted by atomic mass is 79.9. The van der Waals surface area contributed by atoms with Crippen LogP contribution < -0.4 is 10.6 Å². The number of anilines is 2. The van der Waals surface area contributed by atoms with Gasteiger partial charge in [0.15, 0.2) is 0 Å². The number of para-hydroxylation sites is 1. The number of nitrogens with one attached hydrogen (secondary N) is 2. The van der Waals surface area contributed by atoms with Crippen LogP contribution in [0.25, 0.3) is 0 Å². The van der Waals surface area contributed by atoms with Crippen molar-refractivity contribution in [1.82, 2.24) is 9.97 Å². The maximum atomic E-state index is 12.4. The van der Waals surface area contributed by atoms with Crippen LogP contribution in [0.3, 0.4) is 0 Å². The van der Waals surface area contributed by atoms with Gasteiger partial charge < -0.3 is 10.6 Å². The van der Waals surface area contributed by atoms with E-state index in [0.717, 1.165) is 10.0 Å². The van der Waals surface area contributed by atoms with Crippen molar-refractivity contribution in [1.29, 1.82) is 0 Å². The molecular weight excluding hydrogens is 380 g/mol. The van der Waals surface area contributed by atoms with E-state index < -0.39 is 0 Å². The second-order valence-corrected chi connectivity index (χ2v) is 6.35. The van der Waals surface area contributed by atoms with Crippen molar-refractivity contribution in [2.45, 2.75) is 13.0 Å². The number of carbonyl (C=O) groups excluding carboxylic acids is 1. The molecule has 0 saturated carbocycles. The van der Waals surface area contributed by atoms with E-state index in [-0.39, 0.29) is 11.9 Å². The van der Waals surface area contributed by atoms with E-state index in [1.165, 1.54) is 6.33 Å². The molecule has 0 aliphatic carbocycles. The van der Waals surface area contributed by atoms with Crippen molar-refractivity contribution in [3.63, 3.8) is 0 Å². The van der Waals surface area contributed by atoms with Gasteiger partial charge in [-0.2, -0.15) is 0 Å². The van der Waals surface area contributed by atoms with E-state index in [2.05, 4.69) is 36.5 Å². The van der Waals surface area contributed by atoms with Gasteiger partial charge in [0.2, 0.25) is 0 Å². The molecule has 0 aliphatic heterocycles. The molecule has 126 valence electrons. The molecule has 2 N–H and O–H groups in total. The zero-order valence-electron chi connectivity index (χ0n) is 13.6. The molecule has 6 heteroatoms. The Morgan fingerprint density at radius 1 is 1.04 bits per heavy atom. The van der Waals surface area contributed by atoms with Crippen LogP contribution in [0.5, 0.6) is 0 Å². The highest BCUT2D eigenvalue weighted by molar-refractivity contribution is 9.10. The Kier molecular flexibility index (Phi) is 5.40. The zero-order chi connectivity index (χ0) is 17.6. The molecule has 3 rings (SSSR count). The molecular formula is C19H17BrN4O. The molecule has 1 amide bonds. The van der Waals surface area contributed by atoms with Crippen LogP contribution in [0, 0.1) is 0 Å². The normalized spacial score (nSPS) is 11.6. The van der Waals surface area contributed by atoms with E-state index in [9.17, 15) is 4.79 Å². The Hall–Kier alpha value is -2.73. The Bertz CT molecular complexity index is 870. The summed E-state index contributed by atoms with van der Waals surface area (Å²) in [5.74, 6) is 0.313. The molecule has 25 heavy (non-hydrogen) atoms. The third kappa shape index (κ3) is 4.42. The molecule has 3 aromatic rings. The van der Waals surface area contributed by atoms with Crippen LogP contribution in [0.4, 0.5) is 11.5 Å². The lowest BCUT2D eigenvalue weighted by Crippen LogP contribution is -2.15. The van der Waals surface area contributed by atoms with E-state index in [1.54, 1.807) is 6.07 Å². The highest BCUT2D eigenvalue weighted by Gasteiger charge is 2.12. The third-order valence-corrected chi connectivity index (χ3v) is 4.38. The quantitative estimate of drug-likeness (QED) is 0.657. The van der Waals surface area contributed by atoms with Gasteiger partial charge in [-0.3, -0.25) is 4.79 Å². The second-order valence-electron chi connectivity index (χ2n) is 5.50. The second kappa shape index (κ2) is 7.90. The van der Waals surface area contributed by atoms with Gasteiger partial charge >= 0.3 is 0 Å². The summed E-state index contributed by atoms with van der Waals surface area (Å²) in [6.07, 6.45) is 1.38. The summed E-state index contributed by atoms with van der Waals surface area (Å²) in [5.41, 5.74) is 2.13. The van der Waals surface area contributed by atoms with Gasteiger partial charge in [0.1, 0.15) is 17.8 Å². The van der Waals surface area contributed by atoms with Crippen molar-refractivity contribution in [3.8, 4) is 0 Å². The fourth-order valence-electron chi connectivity index (χ4n) is 2.36. The largest absolute Gasteiger partial charge is 0.363 e. The first-order valence-electron chi connectivity index (χ1n) is 7.83. The van der Waals surface area contributed by atoms with Gasteiger partial charge in [-0.25, -0.2) is 9.97 Å². The van der Waals surface area contributed by atoms with Crippen LogP contribution in [0.1, 0.15) is 29.0 Å². The van der Waals surface area contributed by atoms with E-state index in [4.69, 9.17) is 0 Å². The number of rotatable bonds is 5. The van der Waals surface area contributed by atoms with E-state index >= 15 is 0 Å². The molecule has 5 nitrogen and oxygen atoms in total. The predicted molar refractivity (Wildman–Crippen MR) is 103 cm³/mol. The van der Waals surface area contributed by atoms with Crippen molar-refractivity contribution < 1.29 is 4.79 Å². The molecule has 0 bridgehead atoms. The van der Waals surface area contributed by atoms with Crippen LogP contribution >= 0.6 is 15.9 Å². The van der Waals surface area contributed by atoms with Gasteiger partial charge in [0, 0.05) is 16.6 Å². The number of aromatic nitrogens is 2. The molecule has 0 spiro atoms. The summed E-state index contributed by atoms with van der Waals surface area (Å²) in [4.78, 5) is 20.7. The molecule has 0 saturated heterocycles. The van der Waals surface area contributed by atoms with Gasteiger partial charge in [-0.15, -0.1) is 0 Å². The summed E-state index contributed by atoms with van der Waals surface area (Å²) in [6.45, 7) is 2.04. The topological polar surface area (TPSA) is 66.9 Å². The fraction of sp³-hybridized carbons (Fsp3) is 0.105. The Labute approximate surface area is 154 Å². The van der Waals surface area contributed by atoms with Gasteiger partial charge in [0.25, 0.3) is 5.91 Å². The number of hydrogen-bond acceptors (Lipinski definition) is 4. The Morgan fingerprint density at radius 2 is 1.76 bits per heavy atom. The monoisotopic (exact) mass is 396 g/mol. The highest BCUT2D eigenvalue weighted by Crippen LogP contribution is 2.22. The first kappa shape index (κ1) is 17.1. The third-order valence-electron chi connectivity index (χ3n) is 3.69. The summed E-state index contributed by atoms with van der Waals surface area (Å²) in [5, 5.41) is 6.12. The van der Waals surface area contributed by atoms with E-state index in [0.29, 0.717) is 17.2 Å². The number of benzene rings is 2. The van der Waals surface area contributed by atoms with Gasteiger partial charge in [-0.05, 0) is 40.5 Å². The summed E-state index contributed by atoms with van der Waals surface area (Å²) >= 11 is 3.41. The molecule has 0 radical (unpaired) electrons. The van der Waals surface area contributed by atoms with E-state index in [1.807, 2.05) is 61.5 Å². The van der Waals surface area contributed by atoms with Crippen molar-refractivity contribution >= 4 is 33.3 Å². The maximum absolute atomic E-state index is 12.4. The lowest BCUT2D eigenvalue weighted by atomic mass is 10.1. The van der Waals surface area contributed by atoms with Crippen LogP contribution in [0.15, 0.2) is 71.5 Å².